The highest BCUT2D eigenvalue weighted by Crippen LogP contribution is 2.22. The van der Waals surface area contributed by atoms with E-state index in [0.717, 1.165) is 17.7 Å². The summed E-state index contributed by atoms with van der Waals surface area (Å²) in [6, 6.07) is 1.86. The van der Waals surface area contributed by atoms with Gasteiger partial charge < -0.3 is 15.2 Å². The van der Waals surface area contributed by atoms with Crippen molar-refractivity contribution in [1.82, 2.24) is 5.32 Å². The van der Waals surface area contributed by atoms with Crippen molar-refractivity contribution in [2.45, 2.75) is 32.8 Å². The maximum atomic E-state index is 11.9. The number of carbonyl (C=O) groups is 2. The quantitative estimate of drug-likeness (QED) is 0.772. The Morgan fingerprint density at radius 1 is 1.53 bits per heavy atom. The molecule has 1 rings (SSSR count). The van der Waals surface area contributed by atoms with E-state index in [1.807, 2.05) is 13.0 Å². The van der Waals surface area contributed by atoms with Gasteiger partial charge in [-0.15, -0.1) is 11.3 Å². The molecule has 0 aliphatic rings. The normalized spacial score (nSPS) is 12.0. The summed E-state index contributed by atoms with van der Waals surface area (Å²) >= 11 is 1.42. The Balaban J connectivity index is 2.58. The molecule has 0 fully saturated rings. The van der Waals surface area contributed by atoms with Crippen molar-refractivity contribution in [1.29, 1.82) is 0 Å². The Morgan fingerprint density at radius 3 is 2.79 bits per heavy atom. The molecule has 0 aromatic carbocycles. The number of amides is 1. The molecule has 6 heteroatoms. The fourth-order valence-electron chi connectivity index (χ4n) is 1.65. The number of aliphatic hydroxyl groups excluding tert-OH is 1. The third-order valence-electron chi connectivity index (χ3n) is 2.69. The van der Waals surface area contributed by atoms with Crippen LogP contribution in [-0.2, 0) is 16.0 Å². The van der Waals surface area contributed by atoms with E-state index >= 15 is 0 Å². The number of methoxy groups -OCH3 is 1. The summed E-state index contributed by atoms with van der Waals surface area (Å²) in [6.07, 6.45) is 0.644. The van der Waals surface area contributed by atoms with Crippen molar-refractivity contribution in [3.63, 3.8) is 0 Å². The molecule has 0 spiro atoms. The van der Waals surface area contributed by atoms with Crippen LogP contribution >= 0.6 is 11.3 Å². The Morgan fingerprint density at radius 2 is 2.21 bits per heavy atom. The van der Waals surface area contributed by atoms with Gasteiger partial charge in [0.2, 0.25) is 0 Å². The minimum absolute atomic E-state index is 0.147. The minimum Gasteiger partial charge on any atom is -0.467 e. The van der Waals surface area contributed by atoms with Gasteiger partial charge in [-0.1, -0.05) is 13.3 Å². The van der Waals surface area contributed by atoms with Crippen molar-refractivity contribution in [3.05, 3.63) is 21.4 Å². The largest absolute Gasteiger partial charge is 0.467 e. The maximum absolute atomic E-state index is 11.9. The highest BCUT2D eigenvalue weighted by molar-refractivity contribution is 7.14. The summed E-state index contributed by atoms with van der Waals surface area (Å²) in [5, 5.41) is 11.9. The minimum atomic E-state index is -1.33. The van der Waals surface area contributed by atoms with Gasteiger partial charge in [-0.3, -0.25) is 4.79 Å². The molecule has 0 bridgehead atoms. The molecule has 0 aliphatic carbocycles. The fourth-order valence-corrected chi connectivity index (χ4v) is 2.63. The predicted octanol–water partition coefficient (Wildman–Crippen LogP) is 1.27. The maximum Gasteiger partial charge on any atom is 0.336 e. The van der Waals surface area contributed by atoms with E-state index in [0.29, 0.717) is 4.88 Å². The van der Waals surface area contributed by atoms with Crippen LogP contribution in [0.2, 0.25) is 0 Å². The van der Waals surface area contributed by atoms with E-state index < -0.39 is 12.1 Å². The molecule has 0 saturated carbocycles. The second-order valence-corrected chi connectivity index (χ2v) is 5.45. The molecule has 0 saturated heterocycles. The number of ether oxygens (including phenoxy) is 1. The number of aliphatic hydroxyl groups is 1. The smallest absolute Gasteiger partial charge is 0.336 e. The van der Waals surface area contributed by atoms with E-state index in [1.54, 1.807) is 0 Å². The van der Waals surface area contributed by atoms with Crippen molar-refractivity contribution >= 4 is 23.2 Å². The lowest BCUT2D eigenvalue weighted by atomic mass is 10.1. The standard InChI is InChI=1S/C13H19NO4S/c1-4-5-9-6-11(19-8(9)2)12(16)14-7-10(15)13(17)18-3/h6,10,15H,4-5,7H2,1-3H3,(H,14,16). The molecule has 5 nitrogen and oxygen atoms in total. The monoisotopic (exact) mass is 285 g/mol. The zero-order valence-corrected chi connectivity index (χ0v) is 12.2. The van der Waals surface area contributed by atoms with Crippen LogP contribution in [0.25, 0.3) is 0 Å². The average Bonchev–Trinajstić information content (AvgIpc) is 2.76. The van der Waals surface area contributed by atoms with Crippen LogP contribution in [0.4, 0.5) is 0 Å². The van der Waals surface area contributed by atoms with Crippen LogP contribution in [0, 0.1) is 6.92 Å². The lowest BCUT2D eigenvalue weighted by Crippen LogP contribution is -2.36. The number of hydrogen-bond acceptors (Lipinski definition) is 5. The molecule has 2 N–H and O–H groups in total. The molecule has 1 heterocycles. The fraction of sp³-hybridized carbons (Fsp3) is 0.538. The van der Waals surface area contributed by atoms with Gasteiger partial charge in [0.05, 0.1) is 18.5 Å². The molecule has 19 heavy (non-hydrogen) atoms. The summed E-state index contributed by atoms with van der Waals surface area (Å²) in [7, 11) is 1.19. The lowest BCUT2D eigenvalue weighted by molar-refractivity contribution is -0.149. The first kappa shape index (κ1) is 15.7. The van der Waals surface area contributed by atoms with Gasteiger partial charge in [-0.25, -0.2) is 4.79 Å². The van der Waals surface area contributed by atoms with Crippen molar-refractivity contribution < 1.29 is 19.4 Å². The number of thiophene rings is 1. The number of nitrogens with one attached hydrogen (secondary N) is 1. The van der Waals surface area contributed by atoms with Gasteiger partial charge in [0, 0.05) is 4.88 Å². The number of aryl methyl sites for hydroxylation is 2. The van der Waals surface area contributed by atoms with Gasteiger partial charge in [-0.2, -0.15) is 0 Å². The summed E-state index contributed by atoms with van der Waals surface area (Å²) < 4.78 is 4.37. The van der Waals surface area contributed by atoms with Crippen LogP contribution < -0.4 is 5.32 Å². The first-order valence-corrected chi connectivity index (χ1v) is 6.94. The van der Waals surface area contributed by atoms with Gasteiger partial charge >= 0.3 is 5.97 Å². The third-order valence-corrected chi connectivity index (χ3v) is 3.78. The van der Waals surface area contributed by atoms with Gasteiger partial charge in [0.25, 0.3) is 5.91 Å². The first-order chi connectivity index (χ1) is 8.99. The highest BCUT2D eigenvalue weighted by Gasteiger charge is 2.18. The average molecular weight is 285 g/mol. The molecule has 1 amide bonds. The van der Waals surface area contributed by atoms with Crippen LogP contribution in [-0.4, -0.2) is 36.7 Å². The third kappa shape index (κ3) is 4.33. The van der Waals surface area contributed by atoms with Gasteiger partial charge in [-0.05, 0) is 25.0 Å². The Kier molecular flexibility index (Phi) is 5.98. The van der Waals surface area contributed by atoms with Crippen LogP contribution in [0.15, 0.2) is 6.07 Å². The predicted molar refractivity (Wildman–Crippen MR) is 73.4 cm³/mol. The van der Waals surface area contributed by atoms with Crippen LogP contribution in [0.5, 0.6) is 0 Å². The topological polar surface area (TPSA) is 75.6 Å². The Labute approximate surface area is 116 Å². The summed E-state index contributed by atoms with van der Waals surface area (Å²) in [5.41, 5.74) is 1.17. The Bertz CT molecular complexity index is 455. The Hall–Kier alpha value is -1.40. The highest BCUT2D eigenvalue weighted by atomic mass is 32.1. The molecule has 0 aliphatic heterocycles. The number of esters is 1. The van der Waals surface area contributed by atoms with Gasteiger partial charge in [0.15, 0.2) is 6.10 Å². The SMILES string of the molecule is CCCc1cc(C(=O)NCC(O)C(=O)OC)sc1C. The number of carbonyl (C=O) groups excluding carboxylic acids is 2. The second kappa shape index (κ2) is 7.25. The molecule has 1 aromatic rings. The van der Waals surface area contributed by atoms with E-state index in [4.69, 9.17) is 0 Å². The van der Waals surface area contributed by atoms with Crippen molar-refractivity contribution in [3.8, 4) is 0 Å². The van der Waals surface area contributed by atoms with Gasteiger partial charge in [0.1, 0.15) is 0 Å². The van der Waals surface area contributed by atoms with E-state index in [-0.39, 0.29) is 12.5 Å². The van der Waals surface area contributed by atoms with Crippen LogP contribution in [0.3, 0.4) is 0 Å². The lowest BCUT2D eigenvalue weighted by Gasteiger charge is -2.08. The zero-order valence-electron chi connectivity index (χ0n) is 11.4. The molecule has 1 unspecified atom stereocenters. The van der Waals surface area contributed by atoms with E-state index in [2.05, 4.69) is 17.0 Å². The van der Waals surface area contributed by atoms with E-state index in [1.165, 1.54) is 24.0 Å². The second-order valence-electron chi connectivity index (χ2n) is 4.19. The van der Waals surface area contributed by atoms with Crippen molar-refractivity contribution in [2.24, 2.45) is 0 Å². The number of hydrogen-bond donors (Lipinski definition) is 2. The van der Waals surface area contributed by atoms with Crippen LogP contribution in [0.1, 0.15) is 33.5 Å². The molecule has 106 valence electrons. The number of rotatable bonds is 6. The first-order valence-electron chi connectivity index (χ1n) is 6.13. The van der Waals surface area contributed by atoms with E-state index in [9.17, 15) is 14.7 Å². The molecular formula is C13H19NO4S. The van der Waals surface area contributed by atoms with Crippen molar-refractivity contribution in [2.75, 3.05) is 13.7 Å². The molecule has 0 radical (unpaired) electrons. The zero-order chi connectivity index (χ0) is 14.4. The molecular weight excluding hydrogens is 266 g/mol. The summed E-state index contributed by atoms with van der Waals surface area (Å²) in [5.74, 6) is -1.03. The summed E-state index contributed by atoms with van der Waals surface area (Å²) in [6.45, 7) is 3.92. The molecule has 1 aromatic heterocycles. The summed E-state index contributed by atoms with van der Waals surface area (Å²) in [4.78, 5) is 24.6. The molecule has 1 atom stereocenters.